The van der Waals surface area contributed by atoms with Gasteiger partial charge >= 0.3 is 0 Å². The summed E-state index contributed by atoms with van der Waals surface area (Å²) in [4.78, 5) is 12.0. The highest BCUT2D eigenvalue weighted by molar-refractivity contribution is 5.76. The van der Waals surface area contributed by atoms with Gasteiger partial charge in [-0.15, -0.1) is 0 Å². The minimum atomic E-state index is -1.23. The van der Waals surface area contributed by atoms with Crippen LogP contribution in [-0.2, 0) is 28.5 Å². The van der Waals surface area contributed by atoms with Gasteiger partial charge in [0.05, 0.1) is 49.7 Å². The number of carbonyl (C=O) groups is 1. The van der Waals surface area contributed by atoms with Crippen LogP contribution in [0.5, 0.6) is 0 Å². The Morgan fingerprint density at radius 2 is 1.73 bits per heavy atom. The van der Waals surface area contributed by atoms with Crippen LogP contribution in [0.3, 0.4) is 0 Å². The van der Waals surface area contributed by atoms with E-state index < -0.39 is 86.3 Å². The first-order valence-corrected chi connectivity index (χ1v) is 14.3. The molecule has 0 aromatic heterocycles. The minimum Gasteiger partial charge on any atom is -0.395 e. The predicted octanol–water partition coefficient (Wildman–Crippen LogP) is -4.75. The Morgan fingerprint density at radius 3 is 2.34 bits per heavy atom. The Morgan fingerprint density at radius 1 is 1.00 bits per heavy atom. The molecule has 0 bridgehead atoms. The summed E-state index contributed by atoms with van der Waals surface area (Å²) in [6.45, 7) is 1.13. The number of carbonyl (C=O) groups excluding carboxylic acids is 1. The van der Waals surface area contributed by atoms with E-state index in [1.165, 1.54) is 0 Å². The van der Waals surface area contributed by atoms with Crippen molar-refractivity contribution in [2.24, 2.45) is 22.9 Å². The molecule has 16 nitrogen and oxygen atoms in total. The van der Waals surface area contributed by atoms with Crippen LogP contribution in [0.2, 0.25) is 0 Å². The summed E-state index contributed by atoms with van der Waals surface area (Å²) in [5, 5.41) is 46.7. The van der Waals surface area contributed by atoms with E-state index in [0.717, 1.165) is 0 Å². The average Bonchev–Trinajstić information content (AvgIpc) is 2.90. The van der Waals surface area contributed by atoms with E-state index >= 15 is 0 Å². The highest BCUT2D eigenvalue weighted by Crippen LogP contribution is 2.30. The van der Waals surface area contributed by atoms with Crippen LogP contribution < -0.4 is 33.6 Å². The normalized spacial score (nSPS) is 41.5. The molecule has 41 heavy (non-hydrogen) atoms. The molecule has 0 aromatic rings. The maximum Gasteiger partial charge on any atom is 0.221 e. The van der Waals surface area contributed by atoms with Gasteiger partial charge in [0.2, 0.25) is 5.91 Å². The van der Waals surface area contributed by atoms with Gasteiger partial charge in [0.25, 0.3) is 0 Å². The quantitative estimate of drug-likeness (QED) is 0.0897. The molecule has 240 valence electrons. The van der Waals surface area contributed by atoms with Crippen molar-refractivity contribution in [2.45, 2.75) is 125 Å². The maximum atomic E-state index is 12.0. The van der Waals surface area contributed by atoms with Crippen LogP contribution >= 0.6 is 0 Å². The number of nitrogens with one attached hydrogen (secondary N) is 2. The molecule has 2 heterocycles. The third kappa shape index (κ3) is 9.20. The molecule has 2 aliphatic heterocycles. The second-order valence-electron chi connectivity index (χ2n) is 11.2. The van der Waals surface area contributed by atoms with Gasteiger partial charge in [-0.3, -0.25) is 4.79 Å². The number of hydrogen-bond donors (Lipinski definition) is 10. The minimum absolute atomic E-state index is 0.0508. The second kappa shape index (κ2) is 16.1. The van der Waals surface area contributed by atoms with Gasteiger partial charge in [0.1, 0.15) is 18.3 Å². The first kappa shape index (κ1) is 34.4. The molecule has 0 aromatic carbocycles. The summed E-state index contributed by atoms with van der Waals surface area (Å²) >= 11 is 0. The maximum absolute atomic E-state index is 12.0. The third-order valence-electron chi connectivity index (χ3n) is 7.88. The van der Waals surface area contributed by atoms with E-state index in [0.29, 0.717) is 12.8 Å². The van der Waals surface area contributed by atoms with E-state index in [-0.39, 0.29) is 44.4 Å². The van der Waals surface area contributed by atoms with Crippen LogP contribution in [0.25, 0.3) is 0 Å². The van der Waals surface area contributed by atoms with Crippen molar-refractivity contribution < 1.29 is 48.9 Å². The van der Waals surface area contributed by atoms with E-state index in [2.05, 4.69) is 10.6 Å². The van der Waals surface area contributed by atoms with Gasteiger partial charge in [-0.2, -0.15) is 0 Å². The van der Waals surface area contributed by atoms with Gasteiger partial charge < -0.3 is 77.7 Å². The Kier molecular flexibility index (Phi) is 13.5. The van der Waals surface area contributed by atoms with Crippen molar-refractivity contribution >= 4 is 5.91 Å². The molecule has 14 N–H and O–H groups in total. The van der Waals surface area contributed by atoms with Gasteiger partial charge in [0, 0.05) is 31.5 Å². The van der Waals surface area contributed by atoms with E-state index in [4.69, 9.17) is 46.6 Å². The number of amides is 1. The molecule has 16 heteroatoms. The lowest BCUT2D eigenvalue weighted by atomic mass is 9.87. The molecule has 2 saturated heterocycles. The van der Waals surface area contributed by atoms with Gasteiger partial charge in [0.15, 0.2) is 18.9 Å². The molecule has 1 saturated carbocycles. The number of ether oxygens (including phenoxy) is 5. The number of aliphatic hydroxyl groups excluding tert-OH is 4. The molecular formula is C25H50N6O10. The molecule has 1 aliphatic carbocycles. The van der Waals surface area contributed by atoms with Crippen LogP contribution in [0.15, 0.2) is 0 Å². The summed E-state index contributed by atoms with van der Waals surface area (Å²) in [6, 6.07) is -2.69. The summed E-state index contributed by atoms with van der Waals surface area (Å²) in [5.74, 6) is -0.323. The zero-order valence-electron chi connectivity index (χ0n) is 23.8. The lowest BCUT2D eigenvalue weighted by molar-refractivity contribution is -0.336. The van der Waals surface area contributed by atoms with E-state index in [1.54, 1.807) is 14.0 Å². The first-order valence-electron chi connectivity index (χ1n) is 14.3. The van der Waals surface area contributed by atoms with Crippen LogP contribution in [0.1, 0.15) is 39.0 Å². The smallest absolute Gasteiger partial charge is 0.221 e. The molecule has 14 atom stereocenters. The van der Waals surface area contributed by atoms with Crippen molar-refractivity contribution in [1.29, 1.82) is 0 Å². The SMILES string of the molecule is CNC(CO)C(O[C@H]1OC(CO)[C@@H](NC(=O)CCN)CC1O)O[C@H]1CC(N)[C@@H](O[C@@H]2C(N)C[C@@H](N)CC2O)OC1C. The molecule has 1 amide bonds. The van der Waals surface area contributed by atoms with Gasteiger partial charge in [-0.05, 0) is 33.2 Å². The van der Waals surface area contributed by atoms with E-state index in [1.807, 2.05) is 0 Å². The standard InChI is InChI=1S/C25H50N6O10/c1-11-19(7-14(29)23(37-11)40-22-13(28)5-12(27)6-17(22)34)38-24(16(9-32)30-2)41-25-18(35)8-15(20(10-33)39-25)31-21(36)3-4-26/h11-20,22-25,30,32-35H,3-10,26-29H2,1-2H3,(H,31,36)/t11?,12-,13?,14?,15+,16?,17?,18?,19+,20?,22-,23-,24?,25-/m1/s1. The fourth-order valence-electron chi connectivity index (χ4n) is 5.50. The Labute approximate surface area is 240 Å². The lowest BCUT2D eigenvalue weighted by Crippen LogP contribution is -2.61. The van der Waals surface area contributed by atoms with Gasteiger partial charge in [-0.25, -0.2) is 0 Å². The molecule has 0 spiro atoms. The van der Waals surface area contributed by atoms with E-state index in [9.17, 15) is 25.2 Å². The van der Waals surface area contributed by atoms with Crippen molar-refractivity contribution in [2.75, 3.05) is 26.8 Å². The molecule has 0 radical (unpaired) electrons. The zero-order chi connectivity index (χ0) is 30.3. The topological polar surface area (TPSA) is 272 Å². The number of hydrogen-bond acceptors (Lipinski definition) is 15. The highest BCUT2D eigenvalue weighted by Gasteiger charge is 2.44. The third-order valence-corrected chi connectivity index (χ3v) is 7.88. The predicted molar refractivity (Wildman–Crippen MR) is 145 cm³/mol. The van der Waals surface area contributed by atoms with Crippen molar-refractivity contribution in [3.05, 3.63) is 0 Å². The lowest BCUT2D eigenvalue weighted by Gasteiger charge is -2.45. The molecule has 3 fully saturated rings. The van der Waals surface area contributed by atoms with Gasteiger partial charge in [-0.1, -0.05) is 0 Å². The number of rotatable bonds is 13. The average molecular weight is 595 g/mol. The highest BCUT2D eigenvalue weighted by atomic mass is 16.8. The number of nitrogens with two attached hydrogens (primary N) is 4. The largest absolute Gasteiger partial charge is 0.395 e. The number of aliphatic hydroxyl groups is 4. The summed E-state index contributed by atoms with van der Waals surface area (Å²) in [5.41, 5.74) is 23.9. The molecule has 3 rings (SSSR count). The van der Waals surface area contributed by atoms with Crippen LogP contribution in [0, 0.1) is 0 Å². The first-order chi connectivity index (χ1) is 19.5. The fraction of sp³-hybridized carbons (Fsp3) is 0.960. The molecule has 8 unspecified atom stereocenters. The zero-order valence-corrected chi connectivity index (χ0v) is 23.8. The Balaban J connectivity index is 1.63. The van der Waals surface area contributed by atoms with Crippen molar-refractivity contribution in [1.82, 2.24) is 10.6 Å². The number of likely N-dealkylation sites (N-methyl/N-ethyl adjacent to an activating group) is 1. The summed E-state index contributed by atoms with van der Waals surface area (Å²) in [7, 11) is 1.61. The van der Waals surface area contributed by atoms with Crippen LogP contribution in [-0.4, -0.2) is 139 Å². The Bertz CT molecular complexity index is 788. The van der Waals surface area contributed by atoms with Crippen molar-refractivity contribution in [3.63, 3.8) is 0 Å². The fourth-order valence-corrected chi connectivity index (χ4v) is 5.50. The summed E-state index contributed by atoms with van der Waals surface area (Å²) in [6.07, 6.45) is -6.59. The second-order valence-corrected chi connectivity index (χ2v) is 11.2. The monoisotopic (exact) mass is 594 g/mol. The molecule has 3 aliphatic rings. The molecular weight excluding hydrogens is 544 g/mol. The summed E-state index contributed by atoms with van der Waals surface area (Å²) < 4.78 is 30.1. The Hall–Kier alpha value is -1.09. The van der Waals surface area contributed by atoms with Crippen molar-refractivity contribution in [3.8, 4) is 0 Å². The van der Waals surface area contributed by atoms with Crippen LogP contribution in [0.4, 0.5) is 0 Å².